The first-order valence-corrected chi connectivity index (χ1v) is 14.7. The summed E-state index contributed by atoms with van der Waals surface area (Å²) in [6, 6.07) is 18.9. The molecule has 0 saturated carbocycles. The lowest BCUT2D eigenvalue weighted by Crippen LogP contribution is -2.29. The molecule has 7 nitrogen and oxygen atoms in total. The van der Waals surface area contributed by atoms with Crippen molar-refractivity contribution in [1.29, 1.82) is 0 Å². The lowest BCUT2D eigenvalue weighted by atomic mass is 10.2. The van der Waals surface area contributed by atoms with Gasteiger partial charge in [-0.3, -0.25) is 9.21 Å². The number of alkyl halides is 3. The fourth-order valence-corrected chi connectivity index (χ4v) is 5.62. The van der Waals surface area contributed by atoms with Crippen LogP contribution in [-0.4, -0.2) is 51.7 Å². The van der Waals surface area contributed by atoms with Gasteiger partial charge in [-0.25, -0.2) is 13.2 Å². The van der Waals surface area contributed by atoms with E-state index in [1.54, 1.807) is 48.5 Å². The summed E-state index contributed by atoms with van der Waals surface area (Å²) in [5.41, 5.74) is 1.27. The lowest BCUT2D eigenvalue weighted by Gasteiger charge is -2.24. The molecular weight excluding hydrogens is 581 g/mol. The molecule has 0 amide bonds. The minimum atomic E-state index is -5.18. The van der Waals surface area contributed by atoms with Crippen molar-refractivity contribution in [3.8, 4) is 11.5 Å². The first-order valence-electron chi connectivity index (χ1n) is 12.8. The van der Waals surface area contributed by atoms with E-state index in [1.165, 1.54) is 25.0 Å². The number of esters is 1. The van der Waals surface area contributed by atoms with Gasteiger partial charge in [0.2, 0.25) is 0 Å². The molecule has 0 spiro atoms. The highest BCUT2D eigenvalue weighted by Gasteiger charge is 2.41. The van der Waals surface area contributed by atoms with Gasteiger partial charge >= 0.3 is 12.1 Å². The summed E-state index contributed by atoms with van der Waals surface area (Å²) >= 11 is 6.28. The molecule has 0 N–H and O–H groups in total. The van der Waals surface area contributed by atoms with Gasteiger partial charge in [0.05, 0.1) is 17.6 Å². The number of carbonyl (C=O) groups excluding carboxylic acids is 1. The highest BCUT2D eigenvalue weighted by atomic mass is 35.5. The Morgan fingerprint density at radius 3 is 2.27 bits per heavy atom. The molecule has 12 heteroatoms. The van der Waals surface area contributed by atoms with Gasteiger partial charge in [-0.1, -0.05) is 48.0 Å². The molecule has 4 rings (SSSR count). The summed E-state index contributed by atoms with van der Waals surface area (Å²) in [4.78, 5) is 13.5. The van der Waals surface area contributed by atoms with Crippen LogP contribution in [0.1, 0.15) is 24.0 Å². The average molecular weight is 609 g/mol. The van der Waals surface area contributed by atoms with Crippen molar-refractivity contribution in [1.82, 2.24) is 4.90 Å². The van der Waals surface area contributed by atoms with Crippen LogP contribution in [0, 0.1) is 0 Å². The smallest absolute Gasteiger partial charge is 0.491 e. The van der Waals surface area contributed by atoms with Crippen LogP contribution in [0.15, 0.2) is 78.2 Å². The topological polar surface area (TPSA) is 76.2 Å². The molecule has 1 saturated heterocycles. The van der Waals surface area contributed by atoms with Crippen molar-refractivity contribution in [2.45, 2.75) is 25.6 Å². The Labute approximate surface area is 241 Å². The van der Waals surface area contributed by atoms with Crippen molar-refractivity contribution in [2.75, 3.05) is 30.5 Å². The van der Waals surface area contributed by atoms with Crippen molar-refractivity contribution < 1.29 is 35.9 Å². The summed E-state index contributed by atoms with van der Waals surface area (Å²) in [5, 5.41) is 0.988. The van der Waals surface area contributed by atoms with Gasteiger partial charge in [-0.05, 0) is 79.5 Å². The number of rotatable bonds is 11. The Balaban J connectivity index is 1.55. The van der Waals surface area contributed by atoms with Gasteiger partial charge in [-0.2, -0.15) is 13.2 Å². The highest BCUT2D eigenvalue weighted by molar-refractivity contribution is 7.95. The fraction of sp³-hybridized carbons (Fsp3) is 0.276. The van der Waals surface area contributed by atoms with Crippen LogP contribution in [0.4, 0.5) is 18.9 Å². The summed E-state index contributed by atoms with van der Waals surface area (Å²) in [6.45, 7) is 3.17. The standard InChI is InChI=1S/C29H28ClF3N2O5S/c30-27-20-26(40-28(36)29(31,32)33)11-8-23(27)21-35(41(37,38)19-14-22-6-2-1-3-7-22)24-9-12-25(13-10-24)39-18-17-34-15-4-5-16-34/h1-3,6-14,19-20H,4-5,15-18,21H2. The molecule has 1 heterocycles. The summed E-state index contributed by atoms with van der Waals surface area (Å²) in [5.74, 6) is -2.23. The van der Waals surface area contributed by atoms with Gasteiger partial charge in [0.1, 0.15) is 18.1 Å². The van der Waals surface area contributed by atoms with Gasteiger partial charge in [0.25, 0.3) is 10.0 Å². The summed E-state index contributed by atoms with van der Waals surface area (Å²) < 4.78 is 76.0. The highest BCUT2D eigenvalue weighted by Crippen LogP contribution is 2.30. The number of ether oxygens (including phenoxy) is 2. The van der Waals surface area contributed by atoms with Crippen LogP contribution in [0.5, 0.6) is 11.5 Å². The van der Waals surface area contributed by atoms with E-state index in [1.807, 2.05) is 6.07 Å². The molecular formula is C29H28ClF3N2O5S. The maximum atomic E-state index is 13.5. The quantitative estimate of drug-likeness (QED) is 0.188. The number of hydrogen-bond donors (Lipinski definition) is 0. The first-order chi connectivity index (χ1) is 19.5. The van der Waals surface area contributed by atoms with Crippen LogP contribution >= 0.6 is 11.6 Å². The first kappa shape index (κ1) is 30.4. The minimum Gasteiger partial charge on any atom is -0.492 e. The number of carbonyl (C=O) groups is 1. The lowest BCUT2D eigenvalue weighted by molar-refractivity contribution is -0.189. The van der Waals surface area contributed by atoms with E-state index < -0.39 is 27.9 Å². The maximum absolute atomic E-state index is 13.5. The Bertz CT molecular complexity index is 1460. The molecule has 1 fully saturated rings. The third-order valence-electron chi connectivity index (χ3n) is 6.32. The summed E-state index contributed by atoms with van der Waals surface area (Å²) in [6.07, 6.45) is -1.35. The third kappa shape index (κ3) is 8.72. The van der Waals surface area contributed by atoms with Gasteiger partial charge in [-0.15, -0.1) is 0 Å². The zero-order valence-electron chi connectivity index (χ0n) is 21.9. The van der Waals surface area contributed by atoms with E-state index in [-0.39, 0.29) is 17.1 Å². The van der Waals surface area contributed by atoms with Crippen LogP contribution in [0.3, 0.4) is 0 Å². The van der Waals surface area contributed by atoms with Crippen LogP contribution in [0.2, 0.25) is 5.02 Å². The number of sulfonamides is 1. The number of nitrogens with zero attached hydrogens (tertiary/aromatic N) is 2. The Morgan fingerprint density at radius 1 is 0.976 bits per heavy atom. The van der Waals surface area contributed by atoms with Crippen molar-refractivity contribution in [3.63, 3.8) is 0 Å². The second-order valence-corrected chi connectivity index (χ2v) is 11.4. The van der Waals surface area contributed by atoms with E-state index in [0.29, 0.717) is 23.6 Å². The SMILES string of the molecule is O=C(Oc1ccc(CN(c2ccc(OCCN3CCCC3)cc2)S(=O)(=O)C=Cc2ccccc2)c(Cl)c1)C(F)(F)F. The van der Waals surface area contributed by atoms with E-state index in [2.05, 4.69) is 9.64 Å². The van der Waals surface area contributed by atoms with Crippen LogP contribution < -0.4 is 13.8 Å². The zero-order chi connectivity index (χ0) is 29.5. The normalized spacial score (nSPS) is 14.3. The van der Waals surface area contributed by atoms with Crippen molar-refractivity contribution >= 4 is 39.4 Å². The minimum absolute atomic E-state index is 0.0772. The van der Waals surface area contributed by atoms with E-state index in [4.69, 9.17) is 16.3 Å². The number of benzene rings is 3. The average Bonchev–Trinajstić information content (AvgIpc) is 3.46. The predicted molar refractivity (Wildman–Crippen MR) is 151 cm³/mol. The summed E-state index contributed by atoms with van der Waals surface area (Å²) in [7, 11) is -4.07. The Morgan fingerprint density at radius 2 is 1.63 bits per heavy atom. The monoisotopic (exact) mass is 608 g/mol. The Kier molecular flexibility index (Phi) is 9.95. The van der Waals surface area contributed by atoms with Crippen LogP contribution in [0.25, 0.3) is 6.08 Å². The van der Waals surface area contributed by atoms with Crippen molar-refractivity contribution in [2.24, 2.45) is 0 Å². The second kappa shape index (κ2) is 13.4. The molecule has 1 aliphatic rings. The molecule has 0 bridgehead atoms. The molecule has 0 unspecified atom stereocenters. The number of likely N-dealkylation sites (tertiary alicyclic amines) is 1. The third-order valence-corrected chi connectivity index (χ3v) is 8.11. The molecule has 3 aromatic carbocycles. The van der Waals surface area contributed by atoms with E-state index >= 15 is 0 Å². The number of hydrogen-bond acceptors (Lipinski definition) is 6. The zero-order valence-corrected chi connectivity index (χ0v) is 23.5. The molecule has 0 atom stereocenters. The Hall–Kier alpha value is -3.54. The molecule has 3 aromatic rings. The fourth-order valence-electron chi connectivity index (χ4n) is 4.18. The molecule has 0 radical (unpaired) electrons. The van der Waals surface area contributed by atoms with Crippen molar-refractivity contribution in [3.05, 3.63) is 94.4 Å². The largest absolute Gasteiger partial charge is 0.492 e. The second-order valence-electron chi connectivity index (χ2n) is 9.30. The van der Waals surface area contributed by atoms with Crippen LogP contribution in [-0.2, 0) is 21.4 Å². The van der Waals surface area contributed by atoms with E-state index in [9.17, 15) is 26.4 Å². The van der Waals surface area contributed by atoms with Gasteiger partial charge in [0, 0.05) is 11.6 Å². The number of anilines is 1. The maximum Gasteiger partial charge on any atom is 0.491 e. The molecule has 218 valence electrons. The van der Waals surface area contributed by atoms with Gasteiger partial charge < -0.3 is 9.47 Å². The molecule has 0 aliphatic carbocycles. The van der Waals surface area contributed by atoms with Gasteiger partial charge in [0.15, 0.2) is 0 Å². The number of halogens is 4. The molecule has 1 aliphatic heterocycles. The molecule has 41 heavy (non-hydrogen) atoms. The molecule has 0 aromatic heterocycles. The van der Waals surface area contributed by atoms with E-state index in [0.717, 1.165) is 41.5 Å². The predicted octanol–water partition coefficient (Wildman–Crippen LogP) is 6.29.